The van der Waals surface area contributed by atoms with Gasteiger partial charge in [-0.05, 0) is 0 Å². The predicted octanol–water partition coefficient (Wildman–Crippen LogP) is 0.361. The number of carboxylic acids is 1. The van der Waals surface area contributed by atoms with Crippen LogP contribution < -0.4 is 9.67 Å². The van der Waals surface area contributed by atoms with E-state index in [2.05, 4.69) is 13.2 Å². The van der Waals surface area contributed by atoms with Crippen molar-refractivity contribution in [3.63, 3.8) is 0 Å². The van der Waals surface area contributed by atoms with Gasteiger partial charge in [-0.3, -0.25) is 0 Å². The van der Waals surface area contributed by atoms with Gasteiger partial charge in [-0.25, -0.2) is 9.13 Å². The molecule has 0 radical (unpaired) electrons. The average molecular weight is 248 g/mol. The molecular formula is C10H11F3N2O2. The van der Waals surface area contributed by atoms with Gasteiger partial charge in [-0.2, -0.15) is 13.2 Å². The van der Waals surface area contributed by atoms with Gasteiger partial charge in [-0.15, -0.1) is 0 Å². The summed E-state index contributed by atoms with van der Waals surface area (Å²) < 4.78 is 35.5. The van der Waals surface area contributed by atoms with E-state index in [9.17, 15) is 13.2 Å². The topological polar surface area (TPSA) is 48.9 Å². The standard InChI is InChI=1S/C8H11N2.C2HF3O2/c1-3-5-10-7-6-9(4-2)8-10;3-2(4,5)1(6)7/h3-4,6-8H,1-2,5H2;(H,6,7)/q+1;/p-1. The van der Waals surface area contributed by atoms with Gasteiger partial charge in [0.2, 0.25) is 6.33 Å². The molecule has 4 nitrogen and oxygen atoms in total. The molecule has 17 heavy (non-hydrogen) atoms. The number of allylic oxidation sites excluding steroid dienone is 1. The molecule has 0 aliphatic heterocycles. The van der Waals surface area contributed by atoms with Gasteiger partial charge in [0.15, 0.2) is 0 Å². The highest BCUT2D eigenvalue weighted by molar-refractivity contribution is 5.70. The fourth-order valence-corrected chi connectivity index (χ4v) is 0.776. The van der Waals surface area contributed by atoms with Crippen LogP contribution in [0.4, 0.5) is 13.2 Å². The zero-order valence-electron chi connectivity index (χ0n) is 8.85. The molecule has 94 valence electrons. The smallest absolute Gasteiger partial charge is 0.430 e. The molecule has 1 heterocycles. The number of alkyl halides is 3. The highest BCUT2D eigenvalue weighted by Gasteiger charge is 2.28. The number of hydrogen-bond donors (Lipinski definition) is 0. The highest BCUT2D eigenvalue weighted by atomic mass is 19.4. The summed E-state index contributed by atoms with van der Waals surface area (Å²) in [6.45, 7) is 8.11. The lowest BCUT2D eigenvalue weighted by Crippen LogP contribution is -2.37. The molecule has 1 aromatic heterocycles. The van der Waals surface area contributed by atoms with Gasteiger partial charge in [0.25, 0.3) is 0 Å². The molecule has 0 aliphatic rings. The SMILES string of the molecule is C=CC[n+]1ccn(C=C)c1.O=C([O-])C(F)(F)F. The van der Waals surface area contributed by atoms with Crippen LogP contribution in [-0.4, -0.2) is 16.7 Å². The number of imidazole rings is 1. The van der Waals surface area contributed by atoms with E-state index in [0.717, 1.165) is 6.54 Å². The second-order valence-corrected chi connectivity index (χ2v) is 2.81. The lowest BCUT2D eigenvalue weighted by Gasteiger charge is -2.03. The number of carbonyl (C=O) groups is 1. The number of aromatic nitrogens is 2. The molecular weight excluding hydrogens is 237 g/mol. The van der Waals surface area contributed by atoms with E-state index in [1.54, 1.807) is 6.20 Å². The van der Waals surface area contributed by atoms with Crippen LogP contribution in [0.5, 0.6) is 0 Å². The minimum Gasteiger partial charge on any atom is -0.542 e. The van der Waals surface area contributed by atoms with Crippen LogP contribution in [0.3, 0.4) is 0 Å². The first-order valence-electron chi connectivity index (χ1n) is 4.39. The molecule has 0 atom stereocenters. The van der Waals surface area contributed by atoms with Crippen molar-refractivity contribution in [1.29, 1.82) is 0 Å². The third-order valence-electron chi connectivity index (χ3n) is 1.49. The second-order valence-electron chi connectivity index (χ2n) is 2.81. The maximum Gasteiger partial charge on any atom is 0.430 e. The van der Waals surface area contributed by atoms with Crippen molar-refractivity contribution in [2.24, 2.45) is 0 Å². The Bertz CT molecular complexity index is 397. The van der Waals surface area contributed by atoms with Crippen molar-refractivity contribution in [3.05, 3.63) is 38.0 Å². The number of aliphatic carboxylic acids is 1. The molecule has 0 N–H and O–H groups in total. The van der Waals surface area contributed by atoms with E-state index < -0.39 is 12.1 Å². The van der Waals surface area contributed by atoms with E-state index in [0.29, 0.717) is 0 Å². The van der Waals surface area contributed by atoms with E-state index in [1.807, 2.05) is 33.9 Å². The van der Waals surface area contributed by atoms with Crippen molar-refractivity contribution >= 4 is 12.2 Å². The Kier molecular flexibility index (Phi) is 5.73. The quantitative estimate of drug-likeness (QED) is 0.573. The Balaban J connectivity index is 0.000000325. The summed E-state index contributed by atoms with van der Waals surface area (Å²) in [7, 11) is 0. The second kappa shape index (κ2) is 6.51. The number of carboxylic acid groups (broad SMARTS) is 1. The fourth-order valence-electron chi connectivity index (χ4n) is 0.776. The van der Waals surface area contributed by atoms with E-state index in [1.165, 1.54) is 0 Å². The molecule has 0 saturated heterocycles. The van der Waals surface area contributed by atoms with Crippen molar-refractivity contribution in [3.8, 4) is 0 Å². The summed E-state index contributed by atoms with van der Waals surface area (Å²) in [5.41, 5.74) is 0. The van der Waals surface area contributed by atoms with Crippen LogP contribution in [0.15, 0.2) is 38.0 Å². The molecule has 1 rings (SSSR count). The van der Waals surface area contributed by atoms with Gasteiger partial charge in [0.05, 0.1) is 6.20 Å². The summed E-state index contributed by atoms with van der Waals surface area (Å²) >= 11 is 0. The molecule has 0 fully saturated rings. The van der Waals surface area contributed by atoms with Gasteiger partial charge in [0, 0.05) is 0 Å². The van der Waals surface area contributed by atoms with Crippen LogP contribution in [0.2, 0.25) is 0 Å². The monoisotopic (exact) mass is 248 g/mol. The van der Waals surface area contributed by atoms with Crippen molar-refractivity contribution in [2.45, 2.75) is 12.7 Å². The van der Waals surface area contributed by atoms with Crippen molar-refractivity contribution < 1.29 is 27.6 Å². The predicted molar refractivity (Wildman–Crippen MR) is 52.3 cm³/mol. The first kappa shape index (κ1) is 14.9. The first-order chi connectivity index (χ1) is 7.81. The molecule has 1 aromatic rings. The number of carbonyl (C=O) groups excluding carboxylic acids is 1. The Morgan fingerprint density at radius 2 is 2.00 bits per heavy atom. The number of rotatable bonds is 3. The summed E-state index contributed by atoms with van der Waals surface area (Å²) in [6.07, 6.45) is 4.28. The van der Waals surface area contributed by atoms with E-state index in [-0.39, 0.29) is 0 Å². The van der Waals surface area contributed by atoms with Crippen LogP contribution in [0.25, 0.3) is 6.20 Å². The van der Waals surface area contributed by atoms with Crippen molar-refractivity contribution in [1.82, 2.24) is 4.57 Å². The van der Waals surface area contributed by atoms with Crippen molar-refractivity contribution in [2.75, 3.05) is 0 Å². The lowest BCUT2D eigenvalue weighted by atomic mass is 10.6. The Hall–Kier alpha value is -2.05. The van der Waals surface area contributed by atoms with Crippen LogP contribution >= 0.6 is 0 Å². The molecule has 0 amide bonds. The minimum atomic E-state index is -5.19. The molecule has 0 saturated carbocycles. The summed E-state index contributed by atoms with van der Waals surface area (Å²) in [6, 6.07) is 0. The van der Waals surface area contributed by atoms with E-state index >= 15 is 0 Å². The largest absolute Gasteiger partial charge is 0.542 e. The number of nitrogens with zero attached hydrogens (tertiary/aromatic N) is 2. The molecule has 0 aromatic carbocycles. The molecule has 0 bridgehead atoms. The summed E-state index contributed by atoms with van der Waals surface area (Å²) in [4.78, 5) is 8.78. The van der Waals surface area contributed by atoms with Gasteiger partial charge >= 0.3 is 6.18 Å². The van der Waals surface area contributed by atoms with Gasteiger partial charge in [0.1, 0.15) is 24.9 Å². The molecule has 7 heteroatoms. The number of hydrogen-bond acceptors (Lipinski definition) is 2. The third-order valence-corrected chi connectivity index (χ3v) is 1.49. The fraction of sp³-hybridized carbons (Fsp3) is 0.200. The Morgan fingerprint density at radius 3 is 2.29 bits per heavy atom. The van der Waals surface area contributed by atoms with Crippen LogP contribution in [0, 0.1) is 0 Å². The highest BCUT2D eigenvalue weighted by Crippen LogP contribution is 2.11. The van der Waals surface area contributed by atoms with Gasteiger partial charge in [-0.1, -0.05) is 19.2 Å². The zero-order chi connectivity index (χ0) is 13.5. The minimum absolute atomic E-state index is 0.848. The molecule has 0 unspecified atom stereocenters. The number of halogens is 3. The summed E-state index contributed by atoms with van der Waals surface area (Å²) in [5.74, 6) is -3.01. The molecule has 0 aliphatic carbocycles. The lowest BCUT2D eigenvalue weighted by molar-refractivity contribution is -0.686. The Morgan fingerprint density at radius 1 is 1.47 bits per heavy atom. The third kappa shape index (κ3) is 6.18. The van der Waals surface area contributed by atoms with Crippen LogP contribution in [-0.2, 0) is 11.3 Å². The normalized spacial score (nSPS) is 10.1. The Labute approximate surface area is 95.9 Å². The van der Waals surface area contributed by atoms with Gasteiger partial charge < -0.3 is 9.90 Å². The first-order valence-corrected chi connectivity index (χ1v) is 4.39. The maximum absolute atomic E-state index is 10.5. The maximum atomic E-state index is 10.5. The zero-order valence-corrected chi connectivity index (χ0v) is 8.85. The average Bonchev–Trinajstić information content (AvgIpc) is 2.66. The van der Waals surface area contributed by atoms with E-state index in [4.69, 9.17) is 9.90 Å². The van der Waals surface area contributed by atoms with Crippen LogP contribution in [0.1, 0.15) is 0 Å². The molecule has 0 spiro atoms. The summed E-state index contributed by atoms with van der Waals surface area (Å²) in [5, 5.41) is 8.78.